The highest BCUT2D eigenvalue weighted by Crippen LogP contribution is 2.22. The molecule has 6 nitrogen and oxygen atoms in total. The molecule has 1 aromatic heterocycles. The van der Waals surface area contributed by atoms with Gasteiger partial charge in [-0.1, -0.05) is 0 Å². The fourth-order valence-corrected chi connectivity index (χ4v) is 1.83. The fourth-order valence-electron chi connectivity index (χ4n) is 1.83. The zero-order chi connectivity index (χ0) is 14.7. The number of anilines is 1. The van der Waals surface area contributed by atoms with Crippen molar-refractivity contribution in [1.82, 2.24) is 9.78 Å². The minimum absolute atomic E-state index is 0.105. The summed E-state index contributed by atoms with van der Waals surface area (Å²) in [5.74, 6) is 0.449. The third kappa shape index (κ3) is 2.34. The quantitative estimate of drug-likeness (QED) is 0.856. The molecule has 2 N–H and O–H groups in total. The highest BCUT2D eigenvalue weighted by Gasteiger charge is 2.19. The lowest BCUT2D eigenvalue weighted by Crippen LogP contribution is -2.01. The van der Waals surface area contributed by atoms with E-state index >= 15 is 0 Å². The Labute approximate surface area is 116 Å². The molecule has 0 spiro atoms. The van der Waals surface area contributed by atoms with Crippen LogP contribution in [0.25, 0.3) is 5.69 Å². The number of carbonyl (C=O) groups excluding carboxylic acids is 1. The van der Waals surface area contributed by atoms with Gasteiger partial charge in [-0.3, -0.25) is 4.79 Å². The molecule has 6 heteroatoms. The van der Waals surface area contributed by atoms with E-state index in [9.17, 15) is 4.79 Å². The van der Waals surface area contributed by atoms with Crippen LogP contribution in [0.3, 0.4) is 0 Å². The minimum Gasteiger partial charge on any atom is -0.494 e. The van der Waals surface area contributed by atoms with Crippen molar-refractivity contribution >= 4 is 11.5 Å². The molecule has 2 rings (SSSR count). The van der Waals surface area contributed by atoms with Crippen LogP contribution in [0.15, 0.2) is 24.3 Å². The van der Waals surface area contributed by atoms with Crippen molar-refractivity contribution < 1.29 is 9.53 Å². The molecule has 1 aromatic carbocycles. The van der Waals surface area contributed by atoms with Gasteiger partial charge < -0.3 is 10.5 Å². The first-order chi connectivity index (χ1) is 9.58. The number of aromatic nitrogens is 2. The number of nitrogens with two attached hydrogens (primary N) is 1. The van der Waals surface area contributed by atoms with Gasteiger partial charge in [0.2, 0.25) is 0 Å². The van der Waals surface area contributed by atoms with Gasteiger partial charge in [-0.05, 0) is 31.2 Å². The van der Waals surface area contributed by atoms with Crippen LogP contribution >= 0.6 is 0 Å². The summed E-state index contributed by atoms with van der Waals surface area (Å²) in [6.45, 7) is 3.84. The third-order valence-corrected chi connectivity index (χ3v) is 2.75. The van der Waals surface area contributed by atoms with Crippen LogP contribution in [0.4, 0.5) is 5.69 Å². The first kappa shape index (κ1) is 13.6. The van der Waals surface area contributed by atoms with E-state index in [0.717, 1.165) is 5.75 Å². The number of nitrogens with zero attached hydrogens (tertiary/aromatic N) is 3. The first-order valence-corrected chi connectivity index (χ1v) is 6.11. The topological polar surface area (TPSA) is 93.9 Å². The highest BCUT2D eigenvalue weighted by molar-refractivity contribution is 5.98. The summed E-state index contributed by atoms with van der Waals surface area (Å²) in [5.41, 5.74) is 6.79. The predicted octanol–water partition coefficient (Wildman–Crippen LogP) is 1.93. The number of hydrogen-bond acceptors (Lipinski definition) is 5. The second kappa shape index (κ2) is 5.45. The zero-order valence-electron chi connectivity index (χ0n) is 11.3. The number of benzene rings is 1. The molecule has 0 amide bonds. The zero-order valence-corrected chi connectivity index (χ0v) is 11.3. The Morgan fingerprint density at radius 3 is 2.60 bits per heavy atom. The number of nitriles is 1. The van der Waals surface area contributed by atoms with Gasteiger partial charge in [-0.2, -0.15) is 10.4 Å². The SMILES string of the molecule is CCOc1ccc(-n2nc(C(C)=O)c(N)c2C#N)cc1. The van der Waals surface area contributed by atoms with Crippen molar-refractivity contribution in [3.63, 3.8) is 0 Å². The Hall–Kier alpha value is -2.81. The number of Topliss-reactive ketones (excluding diaryl/α,β-unsaturated/α-hetero) is 1. The Kier molecular flexibility index (Phi) is 3.71. The summed E-state index contributed by atoms with van der Waals surface area (Å²) < 4.78 is 6.71. The molecular formula is C14H14N4O2. The monoisotopic (exact) mass is 270 g/mol. The second-order valence-electron chi connectivity index (χ2n) is 4.12. The van der Waals surface area contributed by atoms with Crippen LogP contribution in [0, 0.1) is 11.3 Å². The van der Waals surface area contributed by atoms with Crippen LogP contribution in [-0.2, 0) is 0 Å². The van der Waals surface area contributed by atoms with E-state index in [1.165, 1.54) is 11.6 Å². The van der Waals surface area contributed by atoms with E-state index in [-0.39, 0.29) is 22.9 Å². The molecule has 0 saturated heterocycles. The summed E-state index contributed by atoms with van der Waals surface area (Å²) in [5, 5.41) is 13.3. The first-order valence-electron chi connectivity index (χ1n) is 6.11. The average molecular weight is 270 g/mol. The van der Waals surface area contributed by atoms with Crippen molar-refractivity contribution in [2.24, 2.45) is 0 Å². The average Bonchev–Trinajstić information content (AvgIpc) is 2.77. The molecule has 0 atom stereocenters. The summed E-state index contributed by atoms with van der Waals surface area (Å²) in [6.07, 6.45) is 0. The van der Waals surface area contributed by atoms with Gasteiger partial charge in [0, 0.05) is 6.92 Å². The van der Waals surface area contributed by atoms with Crippen LogP contribution < -0.4 is 10.5 Å². The Morgan fingerprint density at radius 1 is 1.45 bits per heavy atom. The molecular weight excluding hydrogens is 256 g/mol. The lowest BCUT2D eigenvalue weighted by molar-refractivity contribution is 0.101. The van der Waals surface area contributed by atoms with Gasteiger partial charge in [0.25, 0.3) is 0 Å². The second-order valence-corrected chi connectivity index (χ2v) is 4.12. The van der Waals surface area contributed by atoms with Crippen LogP contribution in [-0.4, -0.2) is 22.2 Å². The van der Waals surface area contributed by atoms with E-state index in [1.807, 2.05) is 13.0 Å². The lowest BCUT2D eigenvalue weighted by Gasteiger charge is -2.05. The maximum absolute atomic E-state index is 11.4. The van der Waals surface area contributed by atoms with Gasteiger partial charge in [-0.25, -0.2) is 4.68 Å². The van der Waals surface area contributed by atoms with E-state index < -0.39 is 0 Å². The molecule has 0 fully saturated rings. The van der Waals surface area contributed by atoms with Gasteiger partial charge in [0.15, 0.2) is 17.2 Å². The fraction of sp³-hybridized carbons (Fsp3) is 0.214. The van der Waals surface area contributed by atoms with Crippen molar-refractivity contribution in [1.29, 1.82) is 5.26 Å². The van der Waals surface area contributed by atoms with Crippen LogP contribution in [0.5, 0.6) is 5.75 Å². The lowest BCUT2D eigenvalue weighted by atomic mass is 10.2. The van der Waals surface area contributed by atoms with Gasteiger partial charge in [0.05, 0.1) is 12.3 Å². The largest absolute Gasteiger partial charge is 0.494 e. The molecule has 2 aromatic rings. The van der Waals surface area contributed by atoms with E-state index in [0.29, 0.717) is 12.3 Å². The Morgan fingerprint density at radius 2 is 2.10 bits per heavy atom. The van der Waals surface area contributed by atoms with E-state index in [4.69, 9.17) is 15.7 Å². The molecule has 102 valence electrons. The van der Waals surface area contributed by atoms with Gasteiger partial charge in [-0.15, -0.1) is 0 Å². The van der Waals surface area contributed by atoms with Crippen molar-refractivity contribution in [3.05, 3.63) is 35.7 Å². The maximum Gasteiger partial charge on any atom is 0.182 e. The Bertz CT molecular complexity index is 680. The molecule has 0 unspecified atom stereocenters. The molecule has 0 saturated carbocycles. The normalized spacial score (nSPS) is 10.1. The van der Waals surface area contributed by atoms with E-state index in [1.54, 1.807) is 24.3 Å². The molecule has 0 aliphatic heterocycles. The standard InChI is InChI=1S/C14H14N4O2/c1-3-20-11-6-4-10(5-7-11)18-12(8-15)13(16)14(17-18)9(2)19/h4-7H,3,16H2,1-2H3. The van der Waals surface area contributed by atoms with Crippen molar-refractivity contribution in [2.75, 3.05) is 12.3 Å². The van der Waals surface area contributed by atoms with Crippen molar-refractivity contribution in [3.8, 4) is 17.5 Å². The Balaban J connectivity index is 2.49. The van der Waals surface area contributed by atoms with Crippen LogP contribution in [0.1, 0.15) is 30.0 Å². The summed E-state index contributed by atoms with van der Waals surface area (Å²) in [7, 11) is 0. The minimum atomic E-state index is -0.274. The number of ketones is 1. The number of ether oxygens (including phenoxy) is 1. The number of nitrogen functional groups attached to an aromatic ring is 1. The highest BCUT2D eigenvalue weighted by atomic mass is 16.5. The van der Waals surface area contributed by atoms with Gasteiger partial charge in [0.1, 0.15) is 17.5 Å². The number of carbonyl (C=O) groups is 1. The number of rotatable bonds is 4. The molecule has 0 bridgehead atoms. The molecule has 0 radical (unpaired) electrons. The molecule has 20 heavy (non-hydrogen) atoms. The predicted molar refractivity (Wildman–Crippen MR) is 73.9 cm³/mol. The smallest absolute Gasteiger partial charge is 0.182 e. The maximum atomic E-state index is 11.4. The summed E-state index contributed by atoms with van der Waals surface area (Å²) in [6, 6.07) is 9.01. The molecule has 0 aliphatic rings. The summed E-state index contributed by atoms with van der Waals surface area (Å²) in [4.78, 5) is 11.4. The van der Waals surface area contributed by atoms with Crippen LogP contribution in [0.2, 0.25) is 0 Å². The molecule has 0 aliphatic carbocycles. The molecule has 1 heterocycles. The third-order valence-electron chi connectivity index (χ3n) is 2.75. The van der Waals surface area contributed by atoms with E-state index in [2.05, 4.69) is 5.10 Å². The number of hydrogen-bond donors (Lipinski definition) is 1. The van der Waals surface area contributed by atoms with Crippen molar-refractivity contribution in [2.45, 2.75) is 13.8 Å². The van der Waals surface area contributed by atoms with Gasteiger partial charge >= 0.3 is 0 Å². The summed E-state index contributed by atoms with van der Waals surface area (Å²) >= 11 is 0.